The summed E-state index contributed by atoms with van der Waals surface area (Å²) < 4.78 is 10.6. The van der Waals surface area contributed by atoms with Gasteiger partial charge in [0.2, 0.25) is 5.91 Å². The van der Waals surface area contributed by atoms with Crippen molar-refractivity contribution >= 4 is 5.91 Å². The highest BCUT2D eigenvalue weighted by molar-refractivity contribution is 5.77. The molecule has 1 rings (SSSR count). The lowest BCUT2D eigenvalue weighted by molar-refractivity contribution is -0.144. The van der Waals surface area contributed by atoms with Crippen molar-refractivity contribution in [3.8, 4) is 0 Å². The van der Waals surface area contributed by atoms with E-state index in [1.807, 2.05) is 20.8 Å². The fourth-order valence-corrected chi connectivity index (χ4v) is 1.18. The quantitative estimate of drug-likeness (QED) is 0.659. The van der Waals surface area contributed by atoms with Crippen LogP contribution in [0.4, 0.5) is 0 Å². The van der Waals surface area contributed by atoms with E-state index >= 15 is 0 Å². The van der Waals surface area contributed by atoms with E-state index in [4.69, 9.17) is 9.47 Å². The Hall–Kier alpha value is -0.610. The van der Waals surface area contributed by atoms with Gasteiger partial charge in [0.25, 0.3) is 0 Å². The molecule has 1 fully saturated rings. The van der Waals surface area contributed by atoms with Crippen LogP contribution >= 0.6 is 0 Å². The van der Waals surface area contributed by atoms with Gasteiger partial charge in [-0.1, -0.05) is 0 Å². The fourth-order valence-electron chi connectivity index (χ4n) is 1.18. The average molecular weight is 201 g/mol. The van der Waals surface area contributed by atoms with Crippen molar-refractivity contribution in [2.45, 2.75) is 26.4 Å². The third-order valence-electron chi connectivity index (χ3n) is 1.99. The molecule has 0 aliphatic carbocycles. The summed E-state index contributed by atoms with van der Waals surface area (Å²) in [6, 6.07) is 0. The predicted octanol–water partition coefficient (Wildman–Crippen LogP) is 0.660. The summed E-state index contributed by atoms with van der Waals surface area (Å²) in [5.41, 5.74) is -0.248. The Morgan fingerprint density at radius 2 is 1.93 bits per heavy atom. The molecule has 0 aromatic heterocycles. The Kier molecular flexibility index (Phi) is 3.89. The predicted molar refractivity (Wildman–Crippen MR) is 53.1 cm³/mol. The Balaban J connectivity index is 2.27. The zero-order chi connectivity index (χ0) is 10.6. The number of carbonyl (C=O) groups excluding carboxylic acids is 1. The molecule has 82 valence electrons. The van der Waals surface area contributed by atoms with Gasteiger partial charge < -0.3 is 14.4 Å². The van der Waals surface area contributed by atoms with Gasteiger partial charge in [-0.15, -0.1) is 0 Å². The van der Waals surface area contributed by atoms with E-state index in [9.17, 15) is 4.79 Å². The van der Waals surface area contributed by atoms with Gasteiger partial charge in [0, 0.05) is 13.1 Å². The van der Waals surface area contributed by atoms with Crippen LogP contribution in [0.2, 0.25) is 0 Å². The Labute approximate surface area is 85.2 Å². The zero-order valence-corrected chi connectivity index (χ0v) is 9.21. The molecule has 1 heterocycles. The van der Waals surface area contributed by atoms with Crippen molar-refractivity contribution in [3.05, 3.63) is 0 Å². The highest BCUT2D eigenvalue weighted by atomic mass is 16.5. The lowest BCUT2D eigenvalue weighted by Crippen LogP contribution is -2.43. The molecule has 1 saturated heterocycles. The van der Waals surface area contributed by atoms with E-state index in [0.29, 0.717) is 26.3 Å². The summed E-state index contributed by atoms with van der Waals surface area (Å²) in [5, 5.41) is 0. The topological polar surface area (TPSA) is 38.8 Å². The first-order valence-electron chi connectivity index (χ1n) is 4.98. The molecular formula is C10H19NO3. The molecule has 0 aromatic rings. The molecule has 0 aromatic carbocycles. The molecule has 0 N–H and O–H groups in total. The lowest BCUT2D eigenvalue weighted by atomic mass is 10.2. The van der Waals surface area contributed by atoms with Gasteiger partial charge in [0.1, 0.15) is 6.61 Å². The van der Waals surface area contributed by atoms with E-state index in [0.717, 1.165) is 0 Å². The van der Waals surface area contributed by atoms with Gasteiger partial charge in [-0.2, -0.15) is 0 Å². The molecule has 1 amide bonds. The summed E-state index contributed by atoms with van der Waals surface area (Å²) in [4.78, 5) is 13.4. The second-order valence-electron chi connectivity index (χ2n) is 4.39. The molecule has 14 heavy (non-hydrogen) atoms. The number of hydrogen-bond acceptors (Lipinski definition) is 3. The van der Waals surface area contributed by atoms with Crippen LogP contribution in [0.3, 0.4) is 0 Å². The maximum absolute atomic E-state index is 11.6. The van der Waals surface area contributed by atoms with Crippen LogP contribution in [0, 0.1) is 0 Å². The van der Waals surface area contributed by atoms with Gasteiger partial charge in [0.15, 0.2) is 0 Å². The number of carbonyl (C=O) groups is 1. The van der Waals surface area contributed by atoms with Crippen LogP contribution in [-0.4, -0.2) is 49.3 Å². The first kappa shape index (κ1) is 11.5. The normalized spacial score (nSPS) is 18.4. The molecule has 0 unspecified atom stereocenters. The smallest absolute Gasteiger partial charge is 0.248 e. The second-order valence-corrected chi connectivity index (χ2v) is 4.39. The third-order valence-corrected chi connectivity index (χ3v) is 1.99. The molecule has 0 atom stereocenters. The standard InChI is InChI=1S/C10H19NO3/c1-10(2,3)14-8-9(12)11-4-6-13-7-5-11/h4-8H2,1-3H3. The number of ether oxygens (including phenoxy) is 2. The number of hydrogen-bond donors (Lipinski definition) is 0. The van der Waals surface area contributed by atoms with E-state index in [2.05, 4.69) is 0 Å². The van der Waals surface area contributed by atoms with Gasteiger partial charge in [0.05, 0.1) is 18.8 Å². The van der Waals surface area contributed by atoms with Crippen molar-refractivity contribution in [1.82, 2.24) is 4.90 Å². The third kappa shape index (κ3) is 4.07. The van der Waals surface area contributed by atoms with Crippen LogP contribution in [0.15, 0.2) is 0 Å². The lowest BCUT2D eigenvalue weighted by Gasteiger charge is -2.28. The molecule has 1 aliphatic heterocycles. The zero-order valence-electron chi connectivity index (χ0n) is 9.21. The molecule has 1 aliphatic rings. The van der Waals surface area contributed by atoms with Gasteiger partial charge in [-0.05, 0) is 20.8 Å². The van der Waals surface area contributed by atoms with Crippen LogP contribution in [0.1, 0.15) is 20.8 Å². The molecule has 0 saturated carbocycles. The molecule has 4 heteroatoms. The molecular weight excluding hydrogens is 182 g/mol. The monoisotopic (exact) mass is 201 g/mol. The minimum absolute atomic E-state index is 0.0585. The Morgan fingerprint density at radius 1 is 1.36 bits per heavy atom. The minimum atomic E-state index is -0.248. The summed E-state index contributed by atoms with van der Waals surface area (Å²) in [6.45, 7) is 8.66. The number of nitrogens with zero attached hydrogens (tertiary/aromatic N) is 1. The molecule has 4 nitrogen and oxygen atoms in total. The summed E-state index contributed by atoms with van der Waals surface area (Å²) in [5.74, 6) is 0.0585. The van der Waals surface area contributed by atoms with Crippen molar-refractivity contribution in [3.63, 3.8) is 0 Å². The maximum atomic E-state index is 11.6. The summed E-state index contributed by atoms with van der Waals surface area (Å²) in [7, 11) is 0. The Morgan fingerprint density at radius 3 is 2.43 bits per heavy atom. The number of amides is 1. The highest BCUT2D eigenvalue weighted by Gasteiger charge is 2.19. The van der Waals surface area contributed by atoms with E-state index < -0.39 is 0 Å². The van der Waals surface area contributed by atoms with Crippen molar-refractivity contribution < 1.29 is 14.3 Å². The Bertz CT molecular complexity index is 192. The van der Waals surface area contributed by atoms with Gasteiger partial charge >= 0.3 is 0 Å². The van der Waals surface area contributed by atoms with Crippen molar-refractivity contribution in [1.29, 1.82) is 0 Å². The SMILES string of the molecule is CC(C)(C)OCC(=O)N1CCOCC1. The average Bonchev–Trinajstić information content (AvgIpc) is 2.14. The van der Waals surface area contributed by atoms with E-state index in [1.54, 1.807) is 4.90 Å². The number of rotatable bonds is 2. The van der Waals surface area contributed by atoms with Crippen LogP contribution in [-0.2, 0) is 14.3 Å². The first-order valence-corrected chi connectivity index (χ1v) is 4.98. The summed E-state index contributed by atoms with van der Waals surface area (Å²) >= 11 is 0. The van der Waals surface area contributed by atoms with Crippen molar-refractivity contribution in [2.24, 2.45) is 0 Å². The van der Waals surface area contributed by atoms with E-state index in [1.165, 1.54) is 0 Å². The summed E-state index contributed by atoms with van der Waals surface area (Å²) in [6.07, 6.45) is 0. The second kappa shape index (κ2) is 4.75. The van der Waals surface area contributed by atoms with Gasteiger partial charge in [-0.3, -0.25) is 4.79 Å². The highest BCUT2D eigenvalue weighted by Crippen LogP contribution is 2.07. The minimum Gasteiger partial charge on any atom is -0.378 e. The number of morpholine rings is 1. The van der Waals surface area contributed by atoms with Crippen LogP contribution < -0.4 is 0 Å². The maximum Gasteiger partial charge on any atom is 0.248 e. The molecule has 0 bridgehead atoms. The van der Waals surface area contributed by atoms with E-state index in [-0.39, 0.29) is 18.1 Å². The molecule has 0 radical (unpaired) electrons. The fraction of sp³-hybridized carbons (Fsp3) is 0.900. The largest absolute Gasteiger partial charge is 0.378 e. The van der Waals surface area contributed by atoms with Gasteiger partial charge in [-0.25, -0.2) is 0 Å². The van der Waals surface area contributed by atoms with Crippen molar-refractivity contribution in [2.75, 3.05) is 32.9 Å². The first-order chi connectivity index (χ1) is 6.49. The van der Waals surface area contributed by atoms with Crippen LogP contribution in [0.25, 0.3) is 0 Å². The van der Waals surface area contributed by atoms with Crippen LogP contribution in [0.5, 0.6) is 0 Å². The molecule has 0 spiro atoms.